The SMILES string of the molecule is Cc1ccc(NC(=O)C(C)C)cc1NC(=O)CCCc1nc2ccccc2[nH]1. The number of nitrogens with zero attached hydrogens (tertiary/aromatic N) is 1. The number of carbonyl (C=O) groups excluding carboxylic acids is 2. The van der Waals surface area contributed by atoms with Crippen molar-refractivity contribution in [2.24, 2.45) is 5.92 Å². The molecule has 2 aromatic carbocycles. The molecule has 0 spiro atoms. The summed E-state index contributed by atoms with van der Waals surface area (Å²) in [5.41, 5.74) is 4.31. The molecule has 3 aromatic rings. The lowest BCUT2D eigenvalue weighted by Crippen LogP contribution is -2.18. The Morgan fingerprint density at radius 3 is 2.64 bits per heavy atom. The highest BCUT2D eigenvalue weighted by molar-refractivity contribution is 5.95. The maximum atomic E-state index is 12.3. The number of aromatic amines is 1. The second kappa shape index (κ2) is 8.69. The van der Waals surface area contributed by atoms with E-state index in [-0.39, 0.29) is 17.7 Å². The first-order valence-corrected chi connectivity index (χ1v) is 9.57. The molecule has 2 amide bonds. The van der Waals surface area contributed by atoms with E-state index < -0.39 is 0 Å². The topological polar surface area (TPSA) is 86.9 Å². The van der Waals surface area contributed by atoms with Crippen LogP contribution in [-0.2, 0) is 16.0 Å². The number of hydrogen-bond donors (Lipinski definition) is 3. The van der Waals surface area contributed by atoms with E-state index in [0.29, 0.717) is 24.9 Å². The summed E-state index contributed by atoms with van der Waals surface area (Å²) in [6, 6.07) is 13.4. The molecule has 0 atom stereocenters. The van der Waals surface area contributed by atoms with E-state index >= 15 is 0 Å². The third-order valence-electron chi connectivity index (χ3n) is 4.56. The summed E-state index contributed by atoms with van der Waals surface area (Å²) >= 11 is 0. The van der Waals surface area contributed by atoms with Gasteiger partial charge in [-0.3, -0.25) is 9.59 Å². The first kappa shape index (κ1) is 19.6. The molecule has 0 aliphatic rings. The van der Waals surface area contributed by atoms with Crippen molar-refractivity contribution in [3.05, 3.63) is 53.9 Å². The molecule has 28 heavy (non-hydrogen) atoms. The van der Waals surface area contributed by atoms with E-state index in [1.165, 1.54) is 0 Å². The predicted molar refractivity (Wildman–Crippen MR) is 112 cm³/mol. The Bertz CT molecular complexity index is 958. The summed E-state index contributed by atoms with van der Waals surface area (Å²) in [5.74, 6) is 0.694. The summed E-state index contributed by atoms with van der Waals surface area (Å²) in [4.78, 5) is 32.0. The summed E-state index contributed by atoms with van der Waals surface area (Å²) in [7, 11) is 0. The molecule has 6 nitrogen and oxygen atoms in total. The van der Waals surface area contributed by atoms with E-state index in [1.807, 2.05) is 57.2 Å². The summed E-state index contributed by atoms with van der Waals surface area (Å²) in [6.45, 7) is 5.61. The summed E-state index contributed by atoms with van der Waals surface area (Å²) in [6.07, 6.45) is 1.82. The van der Waals surface area contributed by atoms with Gasteiger partial charge in [-0.2, -0.15) is 0 Å². The van der Waals surface area contributed by atoms with Gasteiger partial charge in [-0.15, -0.1) is 0 Å². The number of rotatable bonds is 7. The van der Waals surface area contributed by atoms with Crippen LogP contribution >= 0.6 is 0 Å². The Morgan fingerprint density at radius 1 is 1.11 bits per heavy atom. The number of para-hydroxylation sites is 2. The number of imidazole rings is 1. The molecule has 0 bridgehead atoms. The Morgan fingerprint density at radius 2 is 1.89 bits per heavy atom. The van der Waals surface area contributed by atoms with Gasteiger partial charge in [0.15, 0.2) is 0 Å². The smallest absolute Gasteiger partial charge is 0.226 e. The number of anilines is 2. The molecule has 0 saturated heterocycles. The van der Waals surface area contributed by atoms with Crippen LogP contribution in [0, 0.1) is 12.8 Å². The number of carbonyl (C=O) groups is 2. The second-order valence-corrected chi connectivity index (χ2v) is 7.28. The van der Waals surface area contributed by atoms with Crippen molar-refractivity contribution in [1.29, 1.82) is 0 Å². The molecule has 0 fully saturated rings. The first-order valence-electron chi connectivity index (χ1n) is 9.57. The van der Waals surface area contributed by atoms with Crippen LogP contribution in [0.15, 0.2) is 42.5 Å². The predicted octanol–water partition coefficient (Wildman–Crippen LogP) is 4.43. The lowest BCUT2D eigenvalue weighted by atomic mass is 10.1. The average molecular weight is 378 g/mol. The van der Waals surface area contributed by atoms with Crippen LogP contribution < -0.4 is 10.6 Å². The first-order chi connectivity index (χ1) is 13.4. The van der Waals surface area contributed by atoms with Gasteiger partial charge < -0.3 is 15.6 Å². The highest BCUT2D eigenvalue weighted by atomic mass is 16.2. The van der Waals surface area contributed by atoms with Crippen LogP contribution in [0.2, 0.25) is 0 Å². The van der Waals surface area contributed by atoms with Gasteiger partial charge in [0.1, 0.15) is 5.82 Å². The normalized spacial score (nSPS) is 11.0. The highest BCUT2D eigenvalue weighted by Crippen LogP contribution is 2.21. The van der Waals surface area contributed by atoms with Gasteiger partial charge in [0.2, 0.25) is 11.8 Å². The largest absolute Gasteiger partial charge is 0.342 e. The fraction of sp³-hybridized carbons (Fsp3) is 0.318. The van der Waals surface area contributed by atoms with Crippen molar-refractivity contribution in [3.63, 3.8) is 0 Å². The molecule has 6 heteroatoms. The minimum atomic E-state index is -0.0995. The van der Waals surface area contributed by atoms with Crippen LogP contribution in [0.1, 0.15) is 38.1 Å². The van der Waals surface area contributed by atoms with Crippen LogP contribution in [0.4, 0.5) is 11.4 Å². The van der Waals surface area contributed by atoms with Crippen LogP contribution in [0.5, 0.6) is 0 Å². The number of benzene rings is 2. The summed E-state index contributed by atoms with van der Waals surface area (Å²) in [5, 5.41) is 5.80. The molecule has 3 N–H and O–H groups in total. The minimum absolute atomic E-state index is 0.0491. The van der Waals surface area contributed by atoms with Gasteiger partial charge in [0.05, 0.1) is 11.0 Å². The van der Waals surface area contributed by atoms with Crippen LogP contribution in [-0.4, -0.2) is 21.8 Å². The van der Waals surface area contributed by atoms with Crippen molar-refractivity contribution in [2.45, 2.75) is 40.0 Å². The molecule has 0 aliphatic heterocycles. The number of amides is 2. The maximum absolute atomic E-state index is 12.3. The van der Waals surface area contributed by atoms with Gasteiger partial charge in [-0.05, 0) is 43.2 Å². The number of H-pyrrole nitrogens is 1. The quantitative estimate of drug-likeness (QED) is 0.568. The molecular formula is C22H26N4O2. The molecule has 0 aliphatic carbocycles. The molecule has 3 rings (SSSR count). The van der Waals surface area contributed by atoms with Crippen molar-refractivity contribution < 1.29 is 9.59 Å². The molecule has 146 valence electrons. The fourth-order valence-corrected chi connectivity index (χ4v) is 2.87. The van der Waals surface area contributed by atoms with E-state index in [1.54, 1.807) is 6.07 Å². The van der Waals surface area contributed by atoms with E-state index in [0.717, 1.165) is 28.1 Å². The molecule has 0 saturated carbocycles. The monoisotopic (exact) mass is 378 g/mol. The number of hydrogen-bond acceptors (Lipinski definition) is 3. The van der Waals surface area contributed by atoms with Crippen LogP contribution in [0.3, 0.4) is 0 Å². The van der Waals surface area contributed by atoms with Crippen molar-refractivity contribution >= 4 is 34.2 Å². The van der Waals surface area contributed by atoms with Gasteiger partial charge >= 0.3 is 0 Å². The van der Waals surface area contributed by atoms with Gasteiger partial charge in [-0.25, -0.2) is 4.98 Å². The number of fused-ring (bicyclic) bond motifs is 1. The zero-order valence-electron chi connectivity index (χ0n) is 16.5. The molecular weight excluding hydrogens is 352 g/mol. The molecule has 1 aromatic heterocycles. The van der Waals surface area contributed by atoms with Gasteiger partial charge in [0, 0.05) is 30.1 Å². The van der Waals surface area contributed by atoms with Crippen molar-refractivity contribution in [3.8, 4) is 0 Å². The lowest BCUT2D eigenvalue weighted by Gasteiger charge is -2.12. The van der Waals surface area contributed by atoms with E-state index in [2.05, 4.69) is 20.6 Å². The highest BCUT2D eigenvalue weighted by Gasteiger charge is 2.10. The Kier molecular flexibility index (Phi) is 6.09. The molecule has 1 heterocycles. The average Bonchev–Trinajstić information content (AvgIpc) is 3.07. The third-order valence-corrected chi connectivity index (χ3v) is 4.56. The minimum Gasteiger partial charge on any atom is -0.342 e. The maximum Gasteiger partial charge on any atom is 0.226 e. The van der Waals surface area contributed by atoms with E-state index in [4.69, 9.17) is 0 Å². The summed E-state index contributed by atoms with van der Waals surface area (Å²) < 4.78 is 0. The zero-order valence-corrected chi connectivity index (χ0v) is 16.5. The van der Waals surface area contributed by atoms with E-state index in [9.17, 15) is 9.59 Å². The van der Waals surface area contributed by atoms with Gasteiger partial charge in [-0.1, -0.05) is 32.0 Å². The van der Waals surface area contributed by atoms with Crippen molar-refractivity contribution in [2.75, 3.05) is 10.6 Å². The van der Waals surface area contributed by atoms with Crippen molar-refractivity contribution in [1.82, 2.24) is 9.97 Å². The molecule has 0 radical (unpaired) electrons. The fourth-order valence-electron chi connectivity index (χ4n) is 2.87. The molecule has 0 unspecified atom stereocenters. The zero-order chi connectivity index (χ0) is 20.1. The Labute approximate surface area is 164 Å². The standard InChI is InChI=1S/C22H26N4O2/c1-14(2)22(28)23-16-12-11-15(3)19(13-16)26-21(27)10-6-9-20-24-17-7-4-5-8-18(17)25-20/h4-5,7-8,11-14H,6,9-10H2,1-3H3,(H,23,28)(H,24,25)(H,26,27). The second-order valence-electron chi connectivity index (χ2n) is 7.28. The third kappa shape index (κ3) is 4.97. The van der Waals surface area contributed by atoms with Crippen LogP contribution in [0.25, 0.3) is 11.0 Å². The number of aryl methyl sites for hydroxylation is 2. The Hall–Kier alpha value is -3.15. The number of nitrogens with one attached hydrogen (secondary N) is 3. The van der Waals surface area contributed by atoms with Gasteiger partial charge in [0.25, 0.3) is 0 Å². The lowest BCUT2D eigenvalue weighted by molar-refractivity contribution is -0.119. The Balaban J connectivity index is 1.54. The number of aromatic nitrogens is 2.